The highest BCUT2D eigenvalue weighted by Gasteiger charge is 2.35. The van der Waals surface area contributed by atoms with Gasteiger partial charge in [-0.1, -0.05) is 25.0 Å². The average molecular weight is 325 g/mol. The van der Waals surface area contributed by atoms with Crippen LogP contribution in [-0.4, -0.2) is 32.9 Å². The zero-order valence-electron chi connectivity index (χ0n) is 13.9. The molecule has 0 unspecified atom stereocenters. The molecule has 0 bridgehead atoms. The fraction of sp³-hybridized carbons (Fsp3) is 0.526. The summed E-state index contributed by atoms with van der Waals surface area (Å²) in [6.45, 7) is 0.947. The molecule has 1 aromatic heterocycles. The highest BCUT2D eigenvalue weighted by atomic mass is 16.2. The van der Waals surface area contributed by atoms with E-state index in [1.165, 1.54) is 31.9 Å². The van der Waals surface area contributed by atoms with Crippen LogP contribution in [0.25, 0.3) is 11.0 Å². The quantitative estimate of drug-likeness (QED) is 0.853. The van der Waals surface area contributed by atoms with Crippen molar-refractivity contribution in [1.82, 2.24) is 14.5 Å². The van der Waals surface area contributed by atoms with Crippen LogP contribution in [-0.2, 0) is 11.3 Å². The van der Waals surface area contributed by atoms with Crippen molar-refractivity contribution in [3.63, 3.8) is 0 Å². The number of rotatable bonds is 2. The Hall–Kier alpha value is -2.17. The van der Waals surface area contributed by atoms with Gasteiger partial charge >= 0.3 is 0 Å². The summed E-state index contributed by atoms with van der Waals surface area (Å²) in [7, 11) is 0. The van der Waals surface area contributed by atoms with Gasteiger partial charge in [0.1, 0.15) is 6.54 Å². The maximum Gasteiger partial charge on any atom is 0.269 e. The SMILES string of the molecule is O=C(Cn1c(=O)cnc2ccccc21)N1CCC[C@@H]2CCCC[C@H]21. The lowest BCUT2D eigenvalue weighted by atomic mass is 9.78. The summed E-state index contributed by atoms with van der Waals surface area (Å²) < 4.78 is 1.57. The molecular formula is C19H23N3O2. The topological polar surface area (TPSA) is 55.2 Å². The van der Waals surface area contributed by atoms with Gasteiger partial charge < -0.3 is 4.90 Å². The van der Waals surface area contributed by atoms with E-state index in [0.717, 1.165) is 30.4 Å². The van der Waals surface area contributed by atoms with Crippen molar-refractivity contribution in [1.29, 1.82) is 0 Å². The molecule has 0 N–H and O–H groups in total. The first kappa shape index (κ1) is 15.4. The lowest BCUT2D eigenvalue weighted by Gasteiger charge is -2.44. The molecule has 1 amide bonds. The van der Waals surface area contributed by atoms with Gasteiger partial charge in [0.05, 0.1) is 17.2 Å². The van der Waals surface area contributed by atoms with E-state index in [1.54, 1.807) is 4.57 Å². The van der Waals surface area contributed by atoms with Gasteiger partial charge in [-0.25, -0.2) is 4.98 Å². The minimum atomic E-state index is -0.209. The predicted molar refractivity (Wildman–Crippen MR) is 92.7 cm³/mol. The molecule has 5 heteroatoms. The van der Waals surface area contributed by atoms with E-state index >= 15 is 0 Å². The number of aromatic nitrogens is 2. The van der Waals surface area contributed by atoms with Gasteiger partial charge in [0, 0.05) is 12.6 Å². The molecule has 1 aromatic carbocycles. The molecule has 0 spiro atoms. The van der Waals surface area contributed by atoms with E-state index in [2.05, 4.69) is 9.88 Å². The Labute approximate surface area is 141 Å². The molecule has 2 heterocycles. The van der Waals surface area contributed by atoms with E-state index in [9.17, 15) is 9.59 Å². The largest absolute Gasteiger partial charge is 0.338 e. The number of benzene rings is 1. The molecule has 2 fully saturated rings. The molecule has 126 valence electrons. The third-order valence-corrected chi connectivity index (χ3v) is 5.61. The lowest BCUT2D eigenvalue weighted by Crippen LogP contribution is -2.51. The lowest BCUT2D eigenvalue weighted by molar-refractivity contribution is -0.138. The summed E-state index contributed by atoms with van der Waals surface area (Å²) in [6, 6.07) is 7.87. The Morgan fingerprint density at radius 3 is 2.83 bits per heavy atom. The second-order valence-electron chi connectivity index (χ2n) is 7.01. The number of hydrogen-bond donors (Lipinski definition) is 0. The second-order valence-corrected chi connectivity index (χ2v) is 7.01. The minimum absolute atomic E-state index is 0.0741. The molecule has 1 saturated heterocycles. The molecule has 2 aliphatic rings. The monoisotopic (exact) mass is 325 g/mol. The third kappa shape index (κ3) is 2.72. The zero-order chi connectivity index (χ0) is 16.5. The standard InChI is InChI=1S/C19H23N3O2/c23-18-12-20-15-8-2-4-10-17(15)22(18)13-19(24)21-11-5-7-14-6-1-3-9-16(14)21/h2,4,8,10,12,14,16H,1,3,5-7,9,11,13H2/t14-,16+/m0/s1. The number of likely N-dealkylation sites (tertiary alicyclic amines) is 1. The Morgan fingerprint density at radius 2 is 1.92 bits per heavy atom. The summed E-state index contributed by atoms with van der Waals surface area (Å²) in [6.07, 6.45) is 8.50. The van der Waals surface area contributed by atoms with Crippen molar-refractivity contribution >= 4 is 16.9 Å². The second kappa shape index (κ2) is 6.38. The van der Waals surface area contributed by atoms with Crippen molar-refractivity contribution in [2.75, 3.05) is 6.54 Å². The number of para-hydroxylation sites is 2. The highest BCUT2D eigenvalue weighted by Crippen LogP contribution is 2.35. The van der Waals surface area contributed by atoms with E-state index in [1.807, 2.05) is 24.3 Å². The zero-order valence-corrected chi connectivity index (χ0v) is 13.9. The summed E-state index contributed by atoms with van der Waals surface area (Å²) in [5.41, 5.74) is 1.27. The predicted octanol–water partition coefficient (Wildman–Crippen LogP) is 2.58. The molecule has 5 nitrogen and oxygen atoms in total. The molecule has 0 radical (unpaired) electrons. The van der Waals surface area contributed by atoms with Gasteiger partial charge in [0.2, 0.25) is 5.91 Å². The van der Waals surface area contributed by atoms with Gasteiger partial charge in [0.15, 0.2) is 0 Å². The number of carbonyl (C=O) groups is 1. The van der Waals surface area contributed by atoms with Gasteiger partial charge in [0.25, 0.3) is 5.56 Å². The van der Waals surface area contributed by atoms with Crippen LogP contribution in [0, 0.1) is 5.92 Å². The Morgan fingerprint density at radius 1 is 1.12 bits per heavy atom. The molecule has 1 aliphatic heterocycles. The van der Waals surface area contributed by atoms with Crippen molar-refractivity contribution in [3.8, 4) is 0 Å². The van der Waals surface area contributed by atoms with Gasteiger partial charge in [-0.3, -0.25) is 14.2 Å². The maximum atomic E-state index is 13.0. The first-order valence-electron chi connectivity index (χ1n) is 8.98. The first-order chi connectivity index (χ1) is 11.7. The minimum Gasteiger partial charge on any atom is -0.338 e. The van der Waals surface area contributed by atoms with Gasteiger partial charge in [-0.05, 0) is 43.7 Å². The smallest absolute Gasteiger partial charge is 0.269 e. The molecule has 2 aromatic rings. The number of hydrogen-bond acceptors (Lipinski definition) is 3. The van der Waals surface area contributed by atoms with Crippen molar-refractivity contribution < 1.29 is 4.79 Å². The van der Waals surface area contributed by atoms with Crippen LogP contribution in [0.15, 0.2) is 35.3 Å². The van der Waals surface area contributed by atoms with E-state index in [4.69, 9.17) is 0 Å². The molecule has 1 aliphatic carbocycles. The Balaban J connectivity index is 1.62. The maximum absolute atomic E-state index is 13.0. The fourth-order valence-electron chi connectivity index (χ4n) is 4.44. The third-order valence-electron chi connectivity index (χ3n) is 5.61. The fourth-order valence-corrected chi connectivity index (χ4v) is 4.44. The van der Waals surface area contributed by atoms with Crippen LogP contribution in [0.5, 0.6) is 0 Å². The van der Waals surface area contributed by atoms with Crippen molar-refractivity contribution in [2.24, 2.45) is 5.92 Å². The average Bonchev–Trinajstić information content (AvgIpc) is 2.63. The van der Waals surface area contributed by atoms with Crippen LogP contribution >= 0.6 is 0 Å². The normalized spacial score (nSPS) is 23.9. The molecule has 2 atom stereocenters. The molecule has 4 rings (SSSR count). The van der Waals surface area contributed by atoms with Crippen molar-refractivity contribution in [2.45, 2.75) is 51.1 Å². The van der Waals surface area contributed by atoms with E-state index < -0.39 is 0 Å². The number of fused-ring (bicyclic) bond motifs is 2. The van der Waals surface area contributed by atoms with Crippen LogP contribution in [0.3, 0.4) is 0 Å². The molecular weight excluding hydrogens is 302 g/mol. The van der Waals surface area contributed by atoms with Gasteiger partial charge in [-0.2, -0.15) is 0 Å². The Bertz CT molecular complexity index is 812. The summed E-state index contributed by atoms with van der Waals surface area (Å²) in [4.78, 5) is 31.4. The Kier molecular flexibility index (Phi) is 4.08. The number of carbonyl (C=O) groups excluding carboxylic acids is 1. The van der Waals surface area contributed by atoms with Gasteiger partial charge in [-0.15, -0.1) is 0 Å². The number of nitrogens with zero attached hydrogens (tertiary/aromatic N) is 3. The molecule has 24 heavy (non-hydrogen) atoms. The summed E-state index contributed by atoms with van der Waals surface area (Å²) in [5.74, 6) is 0.729. The van der Waals surface area contributed by atoms with Crippen LogP contribution < -0.4 is 5.56 Å². The van der Waals surface area contributed by atoms with Crippen LogP contribution in [0.4, 0.5) is 0 Å². The number of amides is 1. The number of piperidine rings is 1. The first-order valence-corrected chi connectivity index (χ1v) is 8.98. The highest BCUT2D eigenvalue weighted by molar-refractivity contribution is 5.80. The van der Waals surface area contributed by atoms with E-state index in [0.29, 0.717) is 12.0 Å². The summed E-state index contributed by atoms with van der Waals surface area (Å²) in [5, 5.41) is 0. The van der Waals surface area contributed by atoms with Crippen LogP contribution in [0.2, 0.25) is 0 Å². The van der Waals surface area contributed by atoms with E-state index in [-0.39, 0.29) is 18.0 Å². The molecule has 1 saturated carbocycles. The van der Waals surface area contributed by atoms with Crippen LogP contribution in [0.1, 0.15) is 38.5 Å². The summed E-state index contributed by atoms with van der Waals surface area (Å²) >= 11 is 0. The van der Waals surface area contributed by atoms with Crippen molar-refractivity contribution in [3.05, 3.63) is 40.8 Å².